The van der Waals surface area contributed by atoms with E-state index in [1.165, 1.54) is 0 Å². The van der Waals surface area contributed by atoms with Crippen LogP contribution in [0, 0.1) is 0 Å². The molecule has 1 fully saturated rings. The van der Waals surface area contributed by atoms with Crippen LogP contribution in [0.2, 0.25) is 0 Å². The van der Waals surface area contributed by atoms with E-state index in [9.17, 15) is 47.2 Å². The summed E-state index contributed by atoms with van der Waals surface area (Å²) < 4.78 is 77.7. The van der Waals surface area contributed by atoms with Gasteiger partial charge >= 0.3 is 35.0 Å². The van der Waals surface area contributed by atoms with Crippen LogP contribution in [0.25, 0.3) is 0 Å². The third kappa shape index (κ3) is 6.40. The van der Waals surface area contributed by atoms with Crippen molar-refractivity contribution in [2.75, 3.05) is 6.61 Å². The van der Waals surface area contributed by atoms with Gasteiger partial charge in [0.25, 0.3) is 5.56 Å². The highest BCUT2D eigenvalue weighted by Gasteiger charge is 2.56. The molecule has 1 aromatic rings. The number of rotatable bonds is 9. The molecule has 3 unspecified atom stereocenters. The Morgan fingerprint density at radius 1 is 1.26 bits per heavy atom. The summed E-state index contributed by atoms with van der Waals surface area (Å²) in [6.45, 7) is -1.05. The maximum Gasteiger partial charge on any atom is 0.717 e. The third-order valence-corrected chi connectivity index (χ3v) is 7.95. The molecule has 0 amide bonds. The number of hydrogen-bond acceptors (Lipinski definition) is 11. The summed E-state index contributed by atoms with van der Waals surface area (Å²) in [5, 5.41) is 20.0. The molecule has 1 aliphatic rings. The maximum atomic E-state index is 12.9. The molecular weight excluding hydrogens is 499 g/mol. The molecule has 15 nitrogen and oxygen atoms in total. The first-order valence-electron chi connectivity index (χ1n) is 7.92. The van der Waals surface area contributed by atoms with Crippen LogP contribution in [0.15, 0.2) is 21.9 Å². The van der Waals surface area contributed by atoms with Crippen molar-refractivity contribution in [3.05, 3.63) is 33.1 Å². The summed E-state index contributed by atoms with van der Waals surface area (Å²) >= 11 is 0. The number of hydrogen-bond donors (Lipinski definition) is 5. The van der Waals surface area contributed by atoms with Gasteiger partial charge in [0.15, 0.2) is 6.23 Å². The van der Waals surface area contributed by atoms with E-state index in [4.69, 9.17) is 9.63 Å². The summed E-state index contributed by atoms with van der Waals surface area (Å²) in [4.78, 5) is 43.1. The van der Waals surface area contributed by atoms with Gasteiger partial charge in [0.2, 0.25) is 0 Å². The molecule has 20 heteroatoms. The van der Waals surface area contributed by atoms with E-state index in [0.29, 0.717) is 4.57 Å². The van der Waals surface area contributed by atoms with E-state index in [2.05, 4.69) is 13.1 Å². The summed E-state index contributed by atoms with van der Waals surface area (Å²) in [6.07, 6.45) is -5.71. The Labute approximate surface area is 171 Å². The second kappa shape index (κ2) is 9.33. The Morgan fingerprint density at radius 3 is 2.42 bits per heavy atom. The van der Waals surface area contributed by atoms with Gasteiger partial charge < -0.3 is 19.8 Å². The van der Waals surface area contributed by atoms with Gasteiger partial charge in [0.1, 0.15) is 18.3 Å². The molecule has 1 saturated heterocycles. The molecule has 5 N–H and O–H groups in total. The second-order valence-electron chi connectivity index (χ2n) is 6.08. The first kappa shape index (κ1) is 26.0. The summed E-state index contributed by atoms with van der Waals surface area (Å²) in [5.74, 6) is 0. The fraction of sp³-hybridized carbons (Fsp3) is 0.636. The zero-order chi connectivity index (χ0) is 23.8. The number of phosphoric ester groups is 1. The average Bonchev–Trinajstić information content (AvgIpc) is 2.86. The number of alkyl halides is 2. The minimum Gasteiger partial charge on any atom is -0.387 e. The van der Waals surface area contributed by atoms with Gasteiger partial charge in [-0.15, -0.1) is 0 Å². The smallest absolute Gasteiger partial charge is 0.387 e. The lowest BCUT2D eigenvalue weighted by Crippen LogP contribution is -2.37. The Kier molecular flexibility index (Phi) is 7.84. The first-order chi connectivity index (χ1) is 14.0. The molecule has 1 aliphatic heterocycles. The van der Waals surface area contributed by atoms with Crippen LogP contribution in [0.5, 0.6) is 0 Å². The number of phosphoric acid groups is 1. The number of aromatic nitrogens is 2. The quantitative estimate of drug-likeness (QED) is 0.268. The molecule has 176 valence electrons. The van der Waals surface area contributed by atoms with Gasteiger partial charge in [0, 0.05) is 23.8 Å². The van der Waals surface area contributed by atoms with Gasteiger partial charge in [-0.2, -0.15) is 8.78 Å². The fourth-order valence-electron chi connectivity index (χ4n) is 2.18. The zero-order valence-corrected chi connectivity index (χ0v) is 17.9. The molecule has 31 heavy (non-hydrogen) atoms. The highest BCUT2D eigenvalue weighted by atomic mass is 31.3. The molecule has 0 spiro atoms. The van der Waals surface area contributed by atoms with E-state index in [1.54, 1.807) is 0 Å². The zero-order valence-electron chi connectivity index (χ0n) is 15.2. The number of nitrogens with one attached hydrogen (secondary N) is 1. The normalized spacial score (nSPS) is 28.7. The minimum atomic E-state index is -5.81. The topological polar surface area (TPSA) is 224 Å². The Balaban J connectivity index is 2.01. The lowest BCUT2D eigenvalue weighted by atomic mass is 10.1. The number of ether oxygens (including phenoxy) is 1. The van der Waals surface area contributed by atoms with Crippen LogP contribution in [0.4, 0.5) is 8.78 Å². The highest BCUT2D eigenvalue weighted by Crippen LogP contribution is 2.65. The van der Waals surface area contributed by atoms with Gasteiger partial charge in [-0.3, -0.25) is 23.8 Å². The van der Waals surface area contributed by atoms with E-state index in [0.717, 1.165) is 12.3 Å². The predicted molar refractivity (Wildman–Crippen MR) is 93.2 cm³/mol. The number of nitrogens with zero attached hydrogens (tertiary/aromatic N) is 1. The van der Waals surface area contributed by atoms with Crippen molar-refractivity contribution < 1.29 is 60.4 Å². The summed E-state index contributed by atoms with van der Waals surface area (Å²) in [5.41, 5.74) is -6.11. The molecule has 1 aromatic heterocycles. The van der Waals surface area contributed by atoms with Crippen LogP contribution in [0.3, 0.4) is 0 Å². The lowest BCUT2D eigenvalue weighted by Gasteiger charge is -2.16. The highest BCUT2D eigenvalue weighted by molar-refractivity contribution is 7.64. The van der Waals surface area contributed by atoms with E-state index < -0.39 is 71.7 Å². The molecule has 7 atom stereocenters. The first-order valence-corrected chi connectivity index (χ1v) is 12.1. The SMILES string of the molecule is CC(F)(F)P(=O)(O)O[P+](=O)OP(=O)(O)OC[C@H]1O[C@@H](n2ccc(=O)[nH]c2=O)[C@H](O)[C@@H]1O. The van der Waals surface area contributed by atoms with Crippen molar-refractivity contribution in [1.29, 1.82) is 0 Å². The van der Waals surface area contributed by atoms with Gasteiger partial charge in [-0.1, -0.05) is 0 Å². The largest absolute Gasteiger partial charge is 0.717 e. The van der Waals surface area contributed by atoms with Crippen molar-refractivity contribution >= 4 is 23.7 Å². The third-order valence-electron chi connectivity index (χ3n) is 3.71. The van der Waals surface area contributed by atoms with Crippen molar-refractivity contribution in [2.24, 2.45) is 0 Å². The van der Waals surface area contributed by atoms with Crippen LogP contribution >= 0.6 is 23.7 Å². The van der Waals surface area contributed by atoms with Gasteiger partial charge in [-0.25, -0.2) is 13.9 Å². The second-order valence-corrected chi connectivity index (χ2v) is 10.9. The summed E-state index contributed by atoms with van der Waals surface area (Å²) in [7, 11) is -15.2. The number of aromatic amines is 1. The molecule has 2 heterocycles. The maximum absolute atomic E-state index is 12.9. The molecular formula is C11H16F2N2O13P3+. The van der Waals surface area contributed by atoms with Crippen LogP contribution in [0.1, 0.15) is 13.2 Å². The molecule has 0 radical (unpaired) electrons. The van der Waals surface area contributed by atoms with Crippen LogP contribution in [-0.4, -0.2) is 60.1 Å². The Morgan fingerprint density at radius 2 is 1.87 bits per heavy atom. The van der Waals surface area contributed by atoms with Gasteiger partial charge in [-0.05, 0) is 8.62 Å². The molecule has 0 saturated carbocycles. The lowest BCUT2D eigenvalue weighted by molar-refractivity contribution is -0.0540. The summed E-state index contributed by atoms with van der Waals surface area (Å²) in [6, 6.07) is 0.916. The fourth-order valence-corrected chi connectivity index (χ4v) is 5.06. The minimum absolute atomic E-state index is 0.0275. The van der Waals surface area contributed by atoms with E-state index in [-0.39, 0.29) is 6.92 Å². The number of aliphatic hydroxyl groups is 2. The Hall–Kier alpha value is -1.22. The standard InChI is InChI=1S/C11H15F2N2O13P3/c1-11(12,13)30(21,22)27-29(20)28-31(23,24)25-4-5-7(17)8(18)9(26-5)15-3-2-6(16)14-10(15)19/h2-3,5,7-9,17-18H,4H2,1H3,(H2-,14,16,19,21,22,23,24)/p+1/t5-,7-,8-,9-/m1/s1. The van der Waals surface area contributed by atoms with Crippen LogP contribution < -0.4 is 11.2 Å². The molecule has 0 aliphatic carbocycles. The predicted octanol–water partition coefficient (Wildman–Crippen LogP) is -0.239. The molecule has 0 aromatic carbocycles. The molecule has 0 bridgehead atoms. The van der Waals surface area contributed by atoms with Crippen molar-refractivity contribution in [3.63, 3.8) is 0 Å². The van der Waals surface area contributed by atoms with E-state index >= 15 is 0 Å². The monoisotopic (exact) mass is 515 g/mol. The van der Waals surface area contributed by atoms with Crippen LogP contribution in [-0.2, 0) is 31.6 Å². The van der Waals surface area contributed by atoms with Crippen molar-refractivity contribution in [1.82, 2.24) is 9.55 Å². The Bertz CT molecular complexity index is 1040. The molecule has 2 rings (SSSR count). The average molecular weight is 515 g/mol. The number of halogens is 2. The number of H-pyrrole nitrogens is 1. The van der Waals surface area contributed by atoms with E-state index in [1.807, 2.05) is 4.98 Å². The van der Waals surface area contributed by atoms with Crippen molar-refractivity contribution in [3.8, 4) is 0 Å². The number of aliphatic hydroxyl groups excluding tert-OH is 2. The van der Waals surface area contributed by atoms with Crippen molar-refractivity contribution in [2.45, 2.75) is 37.1 Å². The van der Waals surface area contributed by atoms with Gasteiger partial charge in [0.05, 0.1) is 6.61 Å².